The Morgan fingerprint density at radius 2 is 1.79 bits per heavy atom. The molecule has 1 saturated heterocycles. The molecule has 2 aromatic rings. The van der Waals surface area contributed by atoms with Gasteiger partial charge in [-0.1, -0.05) is 49.0 Å². The van der Waals surface area contributed by atoms with E-state index in [9.17, 15) is 9.59 Å². The molecule has 0 aliphatic carbocycles. The molecule has 2 amide bonds. The number of nitrogens with zero attached hydrogens (tertiary/aromatic N) is 2. The molecule has 1 aliphatic heterocycles. The van der Waals surface area contributed by atoms with Crippen molar-refractivity contribution < 1.29 is 9.59 Å². The second kappa shape index (κ2) is 8.61. The van der Waals surface area contributed by atoms with Crippen LogP contribution in [-0.2, 0) is 16.0 Å². The minimum absolute atomic E-state index is 0.0921. The number of hydrogen-bond donors (Lipinski definition) is 1. The summed E-state index contributed by atoms with van der Waals surface area (Å²) >= 11 is 1.34. The van der Waals surface area contributed by atoms with Crippen LogP contribution >= 0.6 is 11.8 Å². The van der Waals surface area contributed by atoms with Crippen LogP contribution in [0.2, 0.25) is 0 Å². The molecule has 0 saturated carbocycles. The van der Waals surface area contributed by atoms with E-state index >= 15 is 0 Å². The van der Waals surface area contributed by atoms with E-state index < -0.39 is 5.25 Å². The summed E-state index contributed by atoms with van der Waals surface area (Å²) in [4.78, 5) is 31.2. The van der Waals surface area contributed by atoms with Crippen molar-refractivity contribution in [3.63, 3.8) is 0 Å². The Kier molecular flexibility index (Phi) is 6.19. The maximum atomic E-state index is 12.6. The normalized spacial score (nSPS) is 18.0. The average Bonchev–Trinajstić information content (AvgIpc) is 2.93. The molecule has 0 radical (unpaired) electrons. The van der Waals surface area contributed by atoms with Crippen molar-refractivity contribution in [1.29, 1.82) is 0 Å². The molecule has 0 spiro atoms. The number of aryl methyl sites for hydroxylation is 3. The Hall–Kier alpha value is -2.60. The van der Waals surface area contributed by atoms with Crippen molar-refractivity contribution in [2.24, 2.45) is 4.99 Å². The number of amides is 2. The average molecular weight is 396 g/mol. The van der Waals surface area contributed by atoms with E-state index in [1.54, 1.807) is 7.05 Å². The van der Waals surface area contributed by atoms with Crippen LogP contribution in [-0.4, -0.2) is 34.2 Å². The molecule has 1 heterocycles. The molecular weight excluding hydrogens is 370 g/mol. The number of nitrogens with one attached hydrogen (secondary N) is 1. The third kappa shape index (κ3) is 4.44. The molecule has 5 nitrogen and oxygen atoms in total. The van der Waals surface area contributed by atoms with Crippen molar-refractivity contribution in [3.05, 3.63) is 59.2 Å². The SMILES string of the molecule is CCc1ccc(N=C2S[C@@H](CC(=O)Nc3c(C)cccc3C)C(=O)N2C)cc1. The zero-order valence-corrected chi connectivity index (χ0v) is 17.5. The highest BCUT2D eigenvalue weighted by Crippen LogP contribution is 2.31. The Bertz CT molecular complexity index is 902. The molecule has 1 aliphatic rings. The largest absolute Gasteiger partial charge is 0.326 e. The fourth-order valence-corrected chi connectivity index (χ4v) is 4.24. The summed E-state index contributed by atoms with van der Waals surface area (Å²) in [7, 11) is 1.71. The lowest BCUT2D eigenvalue weighted by Gasteiger charge is -2.12. The minimum Gasteiger partial charge on any atom is -0.326 e. The molecule has 0 unspecified atom stereocenters. The first-order chi connectivity index (χ1) is 13.4. The van der Waals surface area contributed by atoms with E-state index in [4.69, 9.17) is 0 Å². The fourth-order valence-electron chi connectivity index (χ4n) is 3.08. The lowest BCUT2D eigenvalue weighted by Crippen LogP contribution is -2.30. The standard InChI is InChI=1S/C22H25N3O2S/c1-5-16-9-11-17(12-10-16)23-22-25(4)21(27)18(28-22)13-19(26)24-20-14(2)7-6-8-15(20)3/h6-12,18H,5,13H2,1-4H3,(H,24,26)/t18-/m0/s1. The lowest BCUT2D eigenvalue weighted by molar-refractivity contribution is -0.127. The van der Waals surface area contributed by atoms with Gasteiger partial charge >= 0.3 is 0 Å². The van der Waals surface area contributed by atoms with Crippen molar-refractivity contribution >= 4 is 40.1 Å². The Morgan fingerprint density at radius 1 is 1.14 bits per heavy atom. The Labute approximate surface area is 170 Å². The molecular formula is C22H25N3O2S. The highest BCUT2D eigenvalue weighted by molar-refractivity contribution is 8.15. The van der Waals surface area contributed by atoms with E-state index in [0.717, 1.165) is 28.9 Å². The summed E-state index contributed by atoms with van der Waals surface area (Å²) < 4.78 is 0. The number of aliphatic imine (C=N–C) groups is 1. The number of carbonyl (C=O) groups is 2. The van der Waals surface area contributed by atoms with Gasteiger partial charge < -0.3 is 5.32 Å². The summed E-state index contributed by atoms with van der Waals surface area (Å²) in [5.41, 5.74) is 4.89. The second-order valence-corrected chi connectivity index (χ2v) is 8.11. The summed E-state index contributed by atoms with van der Waals surface area (Å²) in [6.45, 7) is 6.02. The Balaban J connectivity index is 1.69. The number of amidine groups is 1. The van der Waals surface area contributed by atoms with E-state index in [1.807, 2.05) is 56.3 Å². The van der Waals surface area contributed by atoms with Crippen LogP contribution in [0.25, 0.3) is 0 Å². The fraction of sp³-hybridized carbons (Fsp3) is 0.318. The molecule has 0 aromatic heterocycles. The predicted molar refractivity (Wildman–Crippen MR) is 116 cm³/mol. The quantitative estimate of drug-likeness (QED) is 0.813. The van der Waals surface area contributed by atoms with Gasteiger partial charge in [0.1, 0.15) is 5.25 Å². The van der Waals surface area contributed by atoms with E-state index in [1.165, 1.54) is 22.2 Å². The minimum atomic E-state index is -0.456. The van der Waals surface area contributed by atoms with Crippen LogP contribution in [0, 0.1) is 13.8 Å². The van der Waals surface area contributed by atoms with E-state index in [0.29, 0.717) is 5.17 Å². The highest BCUT2D eigenvalue weighted by Gasteiger charge is 2.37. The number of thioether (sulfide) groups is 1. The van der Waals surface area contributed by atoms with Crippen LogP contribution < -0.4 is 5.32 Å². The predicted octanol–water partition coefficient (Wildman–Crippen LogP) is 4.46. The molecule has 146 valence electrons. The van der Waals surface area contributed by atoms with Crippen LogP contribution in [0.1, 0.15) is 30.0 Å². The topological polar surface area (TPSA) is 61.8 Å². The van der Waals surface area contributed by atoms with Crippen molar-refractivity contribution in [2.75, 3.05) is 12.4 Å². The van der Waals surface area contributed by atoms with Crippen molar-refractivity contribution in [1.82, 2.24) is 4.90 Å². The van der Waals surface area contributed by atoms with Crippen molar-refractivity contribution in [3.8, 4) is 0 Å². The third-order valence-corrected chi connectivity index (χ3v) is 6.06. The van der Waals surface area contributed by atoms with E-state index in [-0.39, 0.29) is 18.2 Å². The van der Waals surface area contributed by atoms with Crippen LogP contribution in [0.4, 0.5) is 11.4 Å². The van der Waals surface area contributed by atoms with Gasteiger partial charge in [0, 0.05) is 19.2 Å². The van der Waals surface area contributed by atoms with Gasteiger partial charge in [0.05, 0.1) is 5.69 Å². The Morgan fingerprint density at radius 3 is 2.39 bits per heavy atom. The smallest absolute Gasteiger partial charge is 0.242 e. The summed E-state index contributed by atoms with van der Waals surface area (Å²) in [5, 5.41) is 3.12. The van der Waals surface area contributed by atoms with Gasteiger partial charge in [-0.25, -0.2) is 4.99 Å². The molecule has 3 rings (SSSR count). The van der Waals surface area contributed by atoms with Gasteiger partial charge in [0.25, 0.3) is 0 Å². The van der Waals surface area contributed by atoms with E-state index in [2.05, 4.69) is 17.2 Å². The highest BCUT2D eigenvalue weighted by atomic mass is 32.2. The monoisotopic (exact) mass is 395 g/mol. The number of para-hydroxylation sites is 1. The molecule has 1 N–H and O–H groups in total. The van der Waals surface area contributed by atoms with Gasteiger partial charge in [-0.05, 0) is 49.1 Å². The first-order valence-corrected chi connectivity index (χ1v) is 10.2. The molecule has 0 bridgehead atoms. The number of anilines is 1. The maximum Gasteiger partial charge on any atom is 0.242 e. The lowest BCUT2D eigenvalue weighted by atomic mass is 10.1. The van der Waals surface area contributed by atoms with Crippen LogP contribution in [0.3, 0.4) is 0 Å². The van der Waals surface area contributed by atoms with Crippen LogP contribution in [0.5, 0.6) is 0 Å². The number of rotatable bonds is 5. The summed E-state index contributed by atoms with van der Waals surface area (Å²) in [6.07, 6.45) is 1.09. The second-order valence-electron chi connectivity index (χ2n) is 6.94. The maximum absolute atomic E-state index is 12.6. The first-order valence-electron chi connectivity index (χ1n) is 9.37. The first kappa shape index (κ1) is 20.1. The van der Waals surface area contributed by atoms with Gasteiger partial charge in [0.15, 0.2) is 5.17 Å². The van der Waals surface area contributed by atoms with Crippen molar-refractivity contribution in [2.45, 2.75) is 38.9 Å². The van der Waals surface area contributed by atoms with Gasteiger partial charge in [-0.15, -0.1) is 0 Å². The zero-order chi connectivity index (χ0) is 20.3. The number of carbonyl (C=O) groups excluding carboxylic acids is 2. The summed E-state index contributed by atoms with van der Waals surface area (Å²) in [6, 6.07) is 13.9. The zero-order valence-electron chi connectivity index (χ0n) is 16.7. The third-order valence-electron chi connectivity index (χ3n) is 4.83. The number of hydrogen-bond acceptors (Lipinski definition) is 4. The molecule has 2 aromatic carbocycles. The molecule has 28 heavy (non-hydrogen) atoms. The molecule has 1 atom stereocenters. The summed E-state index contributed by atoms with van der Waals surface area (Å²) in [5.74, 6) is -0.254. The van der Waals surface area contributed by atoms with Gasteiger partial charge in [0.2, 0.25) is 11.8 Å². The van der Waals surface area contributed by atoms with Crippen LogP contribution in [0.15, 0.2) is 47.5 Å². The molecule has 6 heteroatoms. The number of benzene rings is 2. The van der Waals surface area contributed by atoms with Gasteiger partial charge in [-0.2, -0.15) is 0 Å². The molecule has 1 fully saturated rings. The van der Waals surface area contributed by atoms with Gasteiger partial charge in [-0.3, -0.25) is 14.5 Å².